The summed E-state index contributed by atoms with van der Waals surface area (Å²) in [7, 11) is 0. The zero-order chi connectivity index (χ0) is 14.3. The molecule has 6 nitrogen and oxygen atoms in total. The Hall–Kier alpha value is -2.08. The fraction of sp³-hybridized carbons (Fsp3) is 0.385. The molecule has 0 atom stereocenters. The van der Waals surface area contributed by atoms with Gasteiger partial charge in [0.2, 0.25) is 0 Å². The van der Waals surface area contributed by atoms with Gasteiger partial charge >= 0.3 is 12.1 Å². The van der Waals surface area contributed by atoms with Gasteiger partial charge in [0.15, 0.2) is 0 Å². The van der Waals surface area contributed by atoms with Gasteiger partial charge in [0.1, 0.15) is 0 Å². The van der Waals surface area contributed by atoms with Gasteiger partial charge in [0.05, 0.1) is 16.7 Å². The standard InChI is InChI=1S/C13H16O6/c1-4-10-5-7-11(8-6-10)12(14)17-19-18-13(15)16-9(2)3/h5-9H,4H2,1-3H3. The van der Waals surface area contributed by atoms with Crippen molar-refractivity contribution in [2.75, 3.05) is 0 Å². The van der Waals surface area contributed by atoms with Crippen molar-refractivity contribution in [3.8, 4) is 0 Å². The highest BCUT2D eigenvalue weighted by atomic mass is 17.5. The number of benzene rings is 1. The minimum absolute atomic E-state index is 0.290. The summed E-state index contributed by atoms with van der Waals surface area (Å²) in [6, 6.07) is 6.78. The van der Waals surface area contributed by atoms with Crippen molar-refractivity contribution in [3.05, 3.63) is 35.4 Å². The van der Waals surface area contributed by atoms with Gasteiger partial charge in [0, 0.05) is 0 Å². The minimum atomic E-state index is -1.08. The maximum atomic E-state index is 11.5. The van der Waals surface area contributed by atoms with E-state index in [1.54, 1.807) is 38.1 Å². The topological polar surface area (TPSA) is 71.1 Å². The van der Waals surface area contributed by atoms with Crippen molar-refractivity contribution in [2.45, 2.75) is 33.3 Å². The maximum Gasteiger partial charge on any atom is 0.543 e. The Morgan fingerprint density at radius 2 is 1.74 bits per heavy atom. The zero-order valence-corrected chi connectivity index (χ0v) is 11.0. The first-order valence-electron chi connectivity index (χ1n) is 5.88. The summed E-state index contributed by atoms with van der Waals surface area (Å²) in [4.78, 5) is 30.7. The maximum absolute atomic E-state index is 11.5. The Kier molecular flexibility index (Phi) is 5.81. The van der Waals surface area contributed by atoms with E-state index < -0.39 is 12.1 Å². The predicted octanol–water partition coefficient (Wildman–Crippen LogP) is 2.81. The van der Waals surface area contributed by atoms with Crippen molar-refractivity contribution in [1.29, 1.82) is 0 Å². The van der Waals surface area contributed by atoms with Crippen LogP contribution in [0.1, 0.15) is 36.7 Å². The first-order chi connectivity index (χ1) is 9.02. The van der Waals surface area contributed by atoms with Crippen LogP contribution in [0, 0.1) is 0 Å². The van der Waals surface area contributed by atoms with Gasteiger partial charge < -0.3 is 4.74 Å². The van der Waals surface area contributed by atoms with E-state index in [1.165, 1.54) is 0 Å². The third-order valence-corrected chi connectivity index (χ3v) is 2.14. The normalized spacial score (nSPS) is 10.1. The fourth-order valence-electron chi connectivity index (χ4n) is 1.21. The van der Waals surface area contributed by atoms with Crippen LogP contribution in [0.25, 0.3) is 0 Å². The molecule has 6 heteroatoms. The molecule has 1 aromatic rings. The molecule has 0 aliphatic heterocycles. The Morgan fingerprint density at radius 1 is 1.11 bits per heavy atom. The van der Waals surface area contributed by atoms with Crippen LogP contribution in [0.15, 0.2) is 24.3 Å². The molecule has 0 N–H and O–H groups in total. The first-order valence-corrected chi connectivity index (χ1v) is 5.88. The SMILES string of the molecule is CCc1ccc(C(=O)OOOC(=O)OC(C)C)cc1. The molecule has 0 radical (unpaired) electrons. The lowest BCUT2D eigenvalue weighted by Crippen LogP contribution is -2.15. The zero-order valence-electron chi connectivity index (χ0n) is 11.0. The largest absolute Gasteiger partial charge is 0.543 e. The summed E-state index contributed by atoms with van der Waals surface area (Å²) in [5.74, 6) is -0.764. The number of hydrogen-bond acceptors (Lipinski definition) is 6. The first kappa shape index (κ1) is 15.0. The van der Waals surface area contributed by atoms with E-state index in [2.05, 4.69) is 19.6 Å². The van der Waals surface area contributed by atoms with E-state index in [9.17, 15) is 9.59 Å². The summed E-state index contributed by atoms with van der Waals surface area (Å²) < 4.78 is 4.59. The average molecular weight is 268 g/mol. The number of ether oxygens (including phenoxy) is 1. The molecule has 19 heavy (non-hydrogen) atoms. The van der Waals surface area contributed by atoms with E-state index in [4.69, 9.17) is 0 Å². The molecule has 0 aliphatic rings. The van der Waals surface area contributed by atoms with Crippen LogP contribution in [-0.4, -0.2) is 18.2 Å². The molecule has 0 saturated heterocycles. The molecule has 0 fully saturated rings. The van der Waals surface area contributed by atoms with Gasteiger partial charge in [-0.3, -0.25) is 4.89 Å². The van der Waals surface area contributed by atoms with Crippen LogP contribution in [0.5, 0.6) is 0 Å². The predicted molar refractivity (Wildman–Crippen MR) is 65.0 cm³/mol. The molecule has 0 aromatic heterocycles. The van der Waals surface area contributed by atoms with Crippen molar-refractivity contribution in [2.24, 2.45) is 0 Å². The third-order valence-electron chi connectivity index (χ3n) is 2.14. The summed E-state index contributed by atoms with van der Waals surface area (Å²) >= 11 is 0. The molecule has 104 valence electrons. The second kappa shape index (κ2) is 7.38. The van der Waals surface area contributed by atoms with Gasteiger partial charge in [-0.25, -0.2) is 14.5 Å². The van der Waals surface area contributed by atoms with Gasteiger partial charge in [0.25, 0.3) is 0 Å². The Bertz CT molecular complexity index is 423. The third kappa shape index (κ3) is 5.39. The summed E-state index contributed by atoms with van der Waals surface area (Å²) in [5.41, 5.74) is 1.38. The number of hydrogen-bond donors (Lipinski definition) is 0. The number of carbonyl (C=O) groups is 2. The van der Waals surface area contributed by atoms with Crippen molar-refractivity contribution in [3.63, 3.8) is 0 Å². The average Bonchev–Trinajstić information content (AvgIpc) is 2.37. The molecule has 0 bridgehead atoms. The second-order valence-electron chi connectivity index (χ2n) is 3.99. The smallest absolute Gasteiger partial charge is 0.430 e. The van der Waals surface area contributed by atoms with Crippen molar-refractivity contribution in [1.82, 2.24) is 0 Å². The molecule has 0 unspecified atom stereocenters. The lowest BCUT2D eigenvalue weighted by Gasteiger charge is -2.06. The van der Waals surface area contributed by atoms with Gasteiger partial charge in [-0.05, 0) is 38.0 Å². The fourth-order valence-corrected chi connectivity index (χ4v) is 1.21. The van der Waals surface area contributed by atoms with Gasteiger partial charge in [-0.15, -0.1) is 0 Å². The lowest BCUT2D eigenvalue weighted by atomic mass is 10.1. The number of aryl methyl sites for hydroxylation is 1. The molecule has 0 amide bonds. The van der Waals surface area contributed by atoms with Crippen LogP contribution < -0.4 is 0 Å². The monoisotopic (exact) mass is 268 g/mol. The van der Waals surface area contributed by atoms with Crippen LogP contribution in [0.4, 0.5) is 4.79 Å². The molecule has 0 spiro atoms. The lowest BCUT2D eigenvalue weighted by molar-refractivity contribution is -0.452. The highest BCUT2D eigenvalue weighted by Gasteiger charge is 2.12. The van der Waals surface area contributed by atoms with E-state index in [0.717, 1.165) is 12.0 Å². The van der Waals surface area contributed by atoms with Crippen LogP contribution in [0.2, 0.25) is 0 Å². The number of carbonyl (C=O) groups excluding carboxylic acids is 2. The summed E-state index contributed by atoms with van der Waals surface area (Å²) in [6.07, 6.45) is -0.562. The quantitative estimate of drug-likeness (QED) is 0.464. The summed E-state index contributed by atoms with van der Waals surface area (Å²) in [6.45, 7) is 5.29. The molecular weight excluding hydrogens is 252 g/mol. The van der Waals surface area contributed by atoms with Crippen molar-refractivity contribution < 1.29 is 29.1 Å². The molecular formula is C13H16O6. The van der Waals surface area contributed by atoms with E-state index in [0.29, 0.717) is 0 Å². The minimum Gasteiger partial charge on any atom is -0.430 e. The number of rotatable bonds is 5. The Labute approximate surface area is 111 Å². The van der Waals surface area contributed by atoms with Crippen LogP contribution >= 0.6 is 0 Å². The van der Waals surface area contributed by atoms with E-state index >= 15 is 0 Å². The van der Waals surface area contributed by atoms with E-state index in [1.807, 2.05) is 6.92 Å². The van der Waals surface area contributed by atoms with Gasteiger partial charge in [-0.2, -0.15) is 0 Å². The highest BCUT2D eigenvalue weighted by molar-refractivity contribution is 5.88. The second-order valence-corrected chi connectivity index (χ2v) is 3.99. The van der Waals surface area contributed by atoms with Crippen molar-refractivity contribution >= 4 is 12.1 Å². The molecule has 1 aromatic carbocycles. The Morgan fingerprint density at radius 3 is 2.26 bits per heavy atom. The molecule has 0 saturated carbocycles. The molecule has 0 aliphatic carbocycles. The molecule has 0 heterocycles. The highest BCUT2D eigenvalue weighted by Crippen LogP contribution is 2.07. The molecule has 1 rings (SSSR count). The van der Waals surface area contributed by atoms with Gasteiger partial charge in [-0.1, -0.05) is 19.1 Å². The van der Waals surface area contributed by atoms with E-state index in [-0.39, 0.29) is 11.7 Å². The van der Waals surface area contributed by atoms with Crippen LogP contribution in [-0.2, 0) is 26.0 Å². The van der Waals surface area contributed by atoms with Crippen LogP contribution in [0.3, 0.4) is 0 Å². The Balaban J connectivity index is 2.36. The summed E-state index contributed by atoms with van der Waals surface area (Å²) in [5, 5.41) is 4.05.